The molecular formula is C19H18BrNO4. The van der Waals surface area contributed by atoms with Crippen LogP contribution in [0.25, 0.3) is 6.08 Å². The zero-order valence-electron chi connectivity index (χ0n) is 13.9. The maximum absolute atomic E-state index is 12.2. The van der Waals surface area contributed by atoms with E-state index >= 15 is 0 Å². The molecule has 25 heavy (non-hydrogen) atoms. The van der Waals surface area contributed by atoms with Gasteiger partial charge in [0, 0.05) is 6.08 Å². The van der Waals surface area contributed by atoms with E-state index in [0.717, 1.165) is 27.1 Å². The van der Waals surface area contributed by atoms with Crippen LogP contribution in [-0.2, 0) is 4.79 Å². The number of fused-ring (bicyclic) bond motifs is 1. The van der Waals surface area contributed by atoms with Crippen molar-refractivity contribution in [1.29, 1.82) is 0 Å². The van der Waals surface area contributed by atoms with Gasteiger partial charge in [0.1, 0.15) is 5.75 Å². The van der Waals surface area contributed by atoms with Crippen LogP contribution in [0.1, 0.15) is 24.1 Å². The molecule has 1 aliphatic heterocycles. The van der Waals surface area contributed by atoms with E-state index in [-0.39, 0.29) is 18.7 Å². The topological polar surface area (TPSA) is 56.8 Å². The molecule has 0 aliphatic carbocycles. The highest BCUT2D eigenvalue weighted by Crippen LogP contribution is 2.32. The van der Waals surface area contributed by atoms with Crippen molar-refractivity contribution in [2.75, 3.05) is 13.9 Å². The average Bonchev–Trinajstić information content (AvgIpc) is 3.07. The van der Waals surface area contributed by atoms with Gasteiger partial charge in [0.25, 0.3) is 0 Å². The predicted octanol–water partition coefficient (Wildman–Crippen LogP) is 4.08. The first-order valence-electron chi connectivity index (χ1n) is 7.78. The monoisotopic (exact) mass is 403 g/mol. The molecular weight excluding hydrogens is 386 g/mol. The van der Waals surface area contributed by atoms with E-state index in [1.165, 1.54) is 6.08 Å². The van der Waals surface area contributed by atoms with Gasteiger partial charge < -0.3 is 19.5 Å². The minimum atomic E-state index is -0.169. The van der Waals surface area contributed by atoms with Crippen molar-refractivity contribution in [1.82, 2.24) is 5.32 Å². The highest BCUT2D eigenvalue weighted by atomic mass is 79.9. The number of hydrogen-bond acceptors (Lipinski definition) is 4. The largest absolute Gasteiger partial charge is 0.496 e. The molecule has 0 aromatic heterocycles. The average molecular weight is 404 g/mol. The molecule has 1 heterocycles. The lowest BCUT2D eigenvalue weighted by Crippen LogP contribution is -2.24. The molecule has 0 fully saturated rings. The number of carbonyl (C=O) groups excluding carboxylic acids is 1. The highest BCUT2D eigenvalue weighted by molar-refractivity contribution is 9.10. The summed E-state index contributed by atoms with van der Waals surface area (Å²) >= 11 is 3.45. The minimum Gasteiger partial charge on any atom is -0.496 e. The first kappa shape index (κ1) is 17.4. The molecule has 3 rings (SSSR count). The Kier molecular flexibility index (Phi) is 5.28. The van der Waals surface area contributed by atoms with Gasteiger partial charge in [-0.05, 0) is 64.3 Å². The first-order chi connectivity index (χ1) is 12.1. The van der Waals surface area contributed by atoms with Crippen LogP contribution in [0, 0.1) is 0 Å². The standard InChI is InChI=1S/C19H18BrNO4/c1-12(14-5-7-16(23-2)15(20)10-14)21-19(22)8-4-13-3-6-17-18(9-13)25-11-24-17/h3-10,12H,11H2,1-2H3,(H,21,22)/b8-4+/t12-/m0/s1. The maximum atomic E-state index is 12.2. The summed E-state index contributed by atoms with van der Waals surface area (Å²) in [5, 5.41) is 2.94. The summed E-state index contributed by atoms with van der Waals surface area (Å²) in [6, 6.07) is 11.1. The van der Waals surface area contributed by atoms with Gasteiger partial charge in [-0.1, -0.05) is 12.1 Å². The van der Waals surface area contributed by atoms with Crippen LogP contribution in [-0.4, -0.2) is 19.8 Å². The van der Waals surface area contributed by atoms with Gasteiger partial charge in [-0.15, -0.1) is 0 Å². The molecule has 1 aliphatic rings. The summed E-state index contributed by atoms with van der Waals surface area (Å²) in [5.41, 5.74) is 1.86. The number of nitrogens with one attached hydrogen (secondary N) is 1. The van der Waals surface area contributed by atoms with Gasteiger partial charge in [0.05, 0.1) is 17.6 Å². The summed E-state index contributed by atoms with van der Waals surface area (Å²) in [6.45, 7) is 2.17. The quantitative estimate of drug-likeness (QED) is 0.764. The summed E-state index contributed by atoms with van der Waals surface area (Å²) < 4.78 is 16.7. The van der Waals surface area contributed by atoms with Gasteiger partial charge in [0.15, 0.2) is 11.5 Å². The summed E-state index contributed by atoms with van der Waals surface area (Å²) in [5.74, 6) is 2.00. The van der Waals surface area contributed by atoms with Crippen molar-refractivity contribution in [3.05, 3.63) is 58.1 Å². The van der Waals surface area contributed by atoms with E-state index < -0.39 is 0 Å². The Labute approximate surface area is 154 Å². The lowest BCUT2D eigenvalue weighted by molar-refractivity contribution is -0.117. The second kappa shape index (κ2) is 7.61. The van der Waals surface area contributed by atoms with Crippen molar-refractivity contribution in [3.63, 3.8) is 0 Å². The highest BCUT2D eigenvalue weighted by Gasteiger charge is 2.13. The van der Waals surface area contributed by atoms with E-state index in [1.54, 1.807) is 13.2 Å². The maximum Gasteiger partial charge on any atom is 0.244 e. The number of amides is 1. The zero-order chi connectivity index (χ0) is 17.8. The van der Waals surface area contributed by atoms with Crippen LogP contribution in [0.15, 0.2) is 46.9 Å². The predicted molar refractivity (Wildman–Crippen MR) is 98.9 cm³/mol. The molecule has 1 N–H and O–H groups in total. The Hall–Kier alpha value is -2.47. The summed E-state index contributed by atoms with van der Waals surface area (Å²) in [4.78, 5) is 12.2. The Morgan fingerprint density at radius 1 is 1.24 bits per heavy atom. The molecule has 6 heteroatoms. The van der Waals surface area contributed by atoms with Crippen LogP contribution >= 0.6 is 15.9 Å². The Morgan fingerprint density at radius 3 is 2.80 bits per heavy atom. The Balaban J connectivity index is 1.62. The third kappa shape index (κ3) is 4.14. The molecule has 1 atom stereocenters. The SMILES string of the molecule is COc1ccc([C@H](C)NC(=O)/C=C/c2ccc3c(c2)OCO3)cc1Br. The second-order valence-corrected chi connectivity index (χ2v) is 6.42. The summed E-state index contributed by atoms with van der Waals surface area (Å²) in [7, 11) is 1.62. The number of hydrogen-bond donors (Lipinski definition) is 1. The van der Waals surface area contributed by atoms with Crippen LogP contribution in [0.5, 0.6) is 17.2 Å². The van der Waals surface area contributed by atoms with Gasteiger partial charge in [-0.3, -0.25) is 4.79 Å². The van der Waals surface area contributed by atoms with Crippen LogP contribution < -0.4 is 19.5 Å². The fourth-order valence-electron chi connectivity index (χ4n) is 2.49. The van der Waals surface area contributed by atoms with E-state index in [4.69, 9.17) is 14.2 Å². The van der Waals surface area contributed by atoms with E-state index in [1.807, 2.05) is 43.3 Å². The molecule has 130 valence electrons. The number of carbonyl (C=O) groups is 1. The smallest absolute Gasteiger partial charge is 0.244 e. The second-order valence-electron chi connectivity index (χ2n) is 5.57. The molecule has 2 aromatic rings. The first-order valence-corrected chi connectivity index (χ1v) is 8.58. The Morgan fingerprint density at radius 2 is 2.04 bits per heavy atom. The fraction of sp³-hybridized carbons (Fsp3) is 0.211. The molecule has 2 aromatic carbocycles. The van der Waals surface area contributed by atoms with Crippen molar-refractivity contribution in [2.24, 2.45) is 0 Å². The van der Waals surface area contributed by atoms with Crippen molar-refractivity contribution in [2.45, 2.75) is 13.0 Å². The third-order valence-electron chi connectivity index (χ3n) is 3.86. The molecule has 5 nitrogen and oxygen atoms in total. The lowest BCUT2D eigenvalue weighted by atomic mass is 10.1. The van der Waals surface area contributed by atoms with Gasteiger partial charge >= 0.3 is 0 Å². The molecule has 1 amide bonds. The minimum absolute atomic E-state index is 0.129. The van der Waals surface area contributed by atoms with Crippen molar-refractivity contribution in [3.8, 4) is 17.2 Å². The van der Waals surface area contributed by atoms with Gasteiger partial charge in [-0.25, -0.2) is 0 Å². The number of methoxy groups -OCH3 is 1. The zero-order valence-corrected chi connectivity index (χ0v) is 15.5. The third-order valence-corrected chi connectivity index (χ3v) is 4.48. The number of ether oxygens (including phenoxy) is 3. The van der Waals surface area contributed by atoms with Crippen molar-refractivity contribution < 1.29 is 19.0 Å². The Bertz CT molecular complexity index is 819. The van der Waals surface area contributed by atoms with Crippen LogP contribution in [0.3, 0.4) is 0 Å². The van der Waals surface area contributed by atoms with Gasteiger partial charge in [-0.2, -0.15) is 0 Å². The van der Waals surface area contributed by atoms with Gasteiger partial charge in [0.2, 0.25) is 12.7 Å². The molecule has 0 unspecified atom stereocenters. The molecule has 0 radical (unpaired) electrons. The van der Waals surface area contributed by atoms with Crippen molar-refractivity contribution >= 4 is 27.9 Å². The normalized spacial score (nSPS) is 13.7. The van der Waals surface area contributed by atoms with Crippen LogP contribution in [0.2, 0.25) is 0 Å². The fourth-order valence-corrected chi connectivity index (χ4v) is 3.04. The van der Waals surface area contributed by atoms with Crippen LogP contribution in [0.4, 0.5) is 0 Å². The van der Waals surface area contributed by atoms with E-state index in [2.05, 4.69) is 21.2 Å². The number of benzene rings is 2. The lowest BCUT2D eigenvalue weighted by Gasteiger charge is -2.14. The molecule has 0 bridgehead atoms. The number of halogens is 1. The molecule has 0 saturated carbocycles. The van der Waals surface area contributed by atoms with E-state index in [0.29, 0.717) is 5.75 Å². The van der Waals surface area contributed by atoms with E-state index in [9.17, 15) is 4.79 Å². The molecule has 0 spiro atoms. The molecule has 0 saturated heterocycles. The number of rotatable bonds is 5. The summed E-state index contributed by atoms with van der Waals surface area (Å²) in [6.07, 6.45) is 3.25.